The quantitative estimate of drug-likeness (QED) is 0.706. The van der Waals surface area contributed by atoms with Crippen molar-refractivity contribution in [3.63, 3.8) is 0 Å². The van der Waals surface area contributed by atoms with Crippen molar-refractivity contribution < 1.29 is 14.9 Å². The van der Waals surface area contributed by atoms with Gasteiger partial charge in [-0.3, -0.25) is 4.90 Å². The van der Waals surface area contributed by atoms with Gasteiger partial charge in [-0.1, -0.05) is 48.5 Å². The van der Waals surface area contributed by atoms with E-state index in [-0.39, 0.29) is 13.2 Å². The van der Waals surface area contributed by atoms with Gasteiger partial charge < -0.3 is 14.9 Å². The molecule has 0 radical (unpaired) electrons. The van der Waals surface area contributed by atoms with Crippen LogP contribution in [0.4, 0.5) is 0 Å². The van der Waals surface area contributed by atoms with E-state index < -0.39 is 6.10 Å². The fourth-order valence-electron chi connectivity index (χ4n) is 2.43. The van der Waals surface area contributed by atoms with Crippen LogP contribution in [-0.2, 0) is 6.54 Å². The number of hydrogen-bond donors (Lipinski definition) is 2. The molecule has 0 fully saturated rings. The Morgan fingerprint density at radius 1 is 0.957 bits per heavy atom. The minimum absolute atomic E-state index is 0.155. The van der Waals surface area contributed by atoms with E-state index in [4.69, 9.17) is 9.84 Å². The lowest BCUT2D eigenvalue weighted by atomic mass is 10.2. The topological polar surface area (TPSA) is 52.9 Å². The van der Waals surface area contributed by atoms with Gasteiger partial charge in [0, 0.05) is 26.2 Å². The van der Waals surface area contributed by atoms with Gasteiger partial charge in [-0.25, -0.2) is 0 Å². The van der Waals surface area contributed by atoms with Crippen LogP contribution < -0.4 is 4.74 Å². The van der Waals surface area contributed by atoms with Crippen LogP contribution in [0.5, 0.6) is 5.75 Å². The summed E-state index contributed by atoms with van der Waals surface area (Å²) in [5.41, 5.74) is 1.20. The molecular formula is C19H25NO3. The number of aliphatic hydroxyl groups is 2. The molecule has 1 unspecified atom stereocenters. The predicted molar refractivity (Wildman–Crippen MR) is 91.4 cm³/mol. The Morgan fingerprint density at radius 3 is 2.26 bits per heavy atom. The number of nitrogens with zero attached hydrogens (tertiary/aromatic N) is 1. The first kappa shape index (κ1) is 17.5. The minimum Gasteiger partial charge on any atom is -0.491 e. The highest BCUT2D eigenvalue weighted by molar-refractivity contribution is 5.20. The van der Waals surface area contributed by atoms with Crippen molar-refractivity contribution in [1.29, 1.82) is 0 Å². The van der Waals surface area contributed by atoms with Crippen LogP contribution in [0, 0.1) is 0 Å². The zero-order chi connectivity index (χ0) is 16.3. The van der Waals surface area contributed by atoms with Crippen LogP contribution >= 0.6 is 0 Å². The van der Waals surface area contributed by atoms with Crippen LogP contribution in [0.3, 0.4) is 0 Å². The zero-order valence-corrected chi connectivity index (χ0v) is 13.3. The van der Waals surface area contributed by atoms with Gasteiger partial charge in [-0.2, -0.15) is 0 Å². The zero-order valence-electron chi connectivity index (χ0n) is 13.3. The summed E-state index contributed by atoms with van der Waals surface area (Å²) >= 11 is 0. The molecule has 0 saturated heterocycles. The Labute approximate surface area is 138 Å². The van der Waals surface area contributed by atoms with Gasteiger partial charge in [-0.15, -0.1) is 0 Å². The second kappa shape index (κ2) is 10.0. The van der Waals surface area contributed by atoms with E-state index in [0.717, 1.165) is 18.8 Å². The summed E-state index contributed by atoms with van der Waals surface area (Å²) in [6.45, 7) is 2.43. The van der Waals surface area contributed by atoms with Gasteiger partial charge >= 0.3 is 0 Å². The predicted octanol–water partition coefficient (Wildman–Crippen LogP) is 2.31. The molecule has 0 aliphatic carbocycles. The largest absolute Gasteiger partial charge is 0.491 e. The highest BCUT2D eigenvalue weighted by atomic mass is 16.5. The van der Waals surface area contributed by atoms with Gasteiger partial charge in [0.15, 0.2) is 0 Å². The maximum atomic E-state index is 10.2. The van der Waals surface area contributed by atoms with E-state index in [1.165, 1.54) is 5.56 Å². The van der Waals surface area contributed by atoms with Crippen molar-refractivity contribution in [2.75, 3.05) is 26.3 Å². The average Bonchev–Trinajstić information content (AvgIpc) is 2.60. The van der Waals surface area contributed by atoms with Crippen molar-refractivity contribution in [3.8, 4) is 5.75 Å². The molecule has 2 N–H and O–H groups in total. The Morgan fingerprint density at radius 2 is 1.61 bits per heavy atom. The third-order valence-electron chi connectivity index (χ3n) is 3.54. The normalized spacial score (nSPS) is 12.3. The first-order chi connectivity index (χ1) is 11.3. The lowest BCUT2D eigenvalue weighted by Crippen LogP contribution is -2.36. The molecule has 0 heterocycles. The average molecular weight is 315 g/mol. The third-order valence-corrected chi connectivity index (χ3v) is 3.54. The molecule has 0 saturated carbocycles. The summed E-state index contributed by atoms with van der Waals surface area (Å²) in [5, 5.41) is 19.3. The Kier molecular flexibility index (Phi) is 7.60. The fraction of sp³-hybridized carbons (Fsp3) is 0.368. The number of hydrogen-bond acceptors (Lipinski definition) is 4. The molecule has 2 aromatic carbocycles. The van der Waals surface area contributed by atoms with Gasteiger partial charge in [0.1, 0.15) is 18.5 Å². The number of aliphatic hydroxyl groups excluding tert-OH is 2. The van der Waals surface area contributed by atoms with Crippen molar-refractivity contribution in [1.82, 2.24) is 4.90 Å². The SMILES string of the molecule is OCCCN(Cc1ccccc1)CC(O)COc1ccccc1. The number of para-hydroxylation sites is 1. The molecule has 4 heteroatoms. The smallest absolute Gasteiger partial charge is 0.119 e. The number of ether oxygens (including phenoxy) is 1. The Balaban J connectivity index is 1.83. The molecule has 0 amide bonds. The molecule has 1 atom stereocenters. The molecule has 0 aliphatic rings. The van der Waals surface area contributed by atoms with Crippen LogP contribution in [0.1, 0.15) is 12.0 Å². The van der Waals surface area contributed by atoms with Crippen LogP contribution in [-0.4, -0.2) is 47.5 Å². The number of rotatable bonds is 10. The summed E-state index contributed by atoms with van der Waals surface area (Å²) in [6.07, 6.45) is 0.122. The maximum Gasteiger partial charge on any atom is 0.119 e. The number of benzene rings is 2. The van der Waals surface area contributed by atoms with Crippen LogP contribution in [0.15, 0.2) is 60.7 Å². The highest BCUT2D eigenvalue weighted by Crippen LogP contribution is 2.10. The molecule has 0 aromatic heterocycles. The van der Waals surface area contributed by atoms with Gasteiger partial charge in [-0.05, 0) is 24.1 Å². The van der Waals surface area contributed by atoms with Crippen molar-refractivity contribution in [2.45, 2.75) is 19.1 Å². The highest BCUT2D eigenvalue weighted by Gasteiger charge is 2.13. The molecule has 23 heavy (non-hydrogen) atoms. The van der Waals surface area contributed by atoms with E-state index in [0.29, 0.717) is 13.0 Å². The summed E-state index contributed by atoms with van der Waals surface area (Å²) in [7, 11) is 0. The summed E-state index contributed by atoms with van der Waals surface area (Å²) < 4.78 is 5.60. The first-order valence-corrected chi connectivity index (χ1v) is 8.01. The minimum atomic E-state index is -0.572. The van der Waals surface area contributed by atoms with Crippen LogP contribution in [0.2, 0.25) is 0 Å². The van der Waals surface area contributed by atoms with Gasteiger partial charge in [0.25, 0.3) is 0 Å². The Bertz CT molecular complexity index is 533. The summed E-state index contributed by atoms with van der Waals surface area (Å²) in [6, 6.07) is 19.6. The molecule has 0 bridgehead atoms. The second-order valence-electron chi connectivity index (χ2n) is 5.58. The molecule has 0 spiro atoms. The monoisotopic (exact) mass is 315 g/mol. The molecule has 124 valence electrons. The van der Waals surface area contributed by atoms with Crippen molar-refractivity contribution in [2.24, 2.45) is 0 Å². The lowest BCUT2D eigenvalue weighted by molar-refractivity contribution is 0.0632. The Hall–Kier alpha value is -1.88. The van der Waals surface area contributed by atoms with E-state index in [9.17, 15) is 5.11 Å². The summed E-state index contributed by atoms with van der Waals surface area (Å²) in [5.74, 6) is 0.761. The van der Waals surface area contributed by atoms with E-state index >= 15 is 0 Å². The van der Waals surface area contributed by atoms with Gasteiger partial charge in [0.05, 0.1) is 0 Å². The second-order valence-corrected chi connectivity index (χ2v) is 5.58. The standard InChI is InChI=1S/C19H25NO3/c21-13-7-12-20(14-17-8-3-1-4-9-17)15-18(22)16-23-19-10-5-2-6-11-19/h1-6,8-11,18,21-22H,7,12-16H2. The maximum absolute atomic E-state index is 10.2. The molecule has 2 rings (SSSR count). The summed E-state index contributed by atoms with van der Waals surface area (Å²) in [4.78, 5) is 2.14. The molecule has 0 aliphatic heterocycles. The third kappa shape index (κ3) is 6.82. The molecule has 2 aromatic rings. The fourth-order valence-corrected chi connectivity index (χ4v) is 2.43. The molecule has 4 nitrogen and oxygen atoms in total. The van der Waals surface area contributed by atoms with Crippen molar-refractivity contribution >= 4 is 0 Å². The van der Waals surface area contributed by atoms with Crippen LogP contribution in [0.25, 0.3) is 0 Å². The van der Waals surface area contributed by atoms with E-state index in [2.05, 4.69) is 17.0 Å². The van der Waals surface area contributed by atoms with E-state index in [1.807, 2.05) is 48.5 Å². The van der Waals surface area contributed by atoms with Gasteiger partial charge in [0.2, 0.25) is 0 Å². The van der Waals surface area contributed by atoms with Crippen molar-refractivity contribution in [3.05, 3.63) is 66.2 Å². The lowest BCUT2D eigenvalue weighted by Gasteiger charge is -2.25. The molecular weight excluding hydrogens is 290 g/mol. The van der Waals surface area contributed by atoms with E-state index in [1.54, 1.807) is 0 Å². The first-order valence-electron chi connectivity index (χ1n) is 8.01.